The van der Waals surface area contributed by atoms with Crippen LogP contribution < -0.4 is 4.72 Å². The summed E-state index contributed by atoms with van der Waals surface area (Å²) in [6.07, 6.45) is 1.67. The Balaban J connectivity index is 1.60. The Kier molecular flexibility index (Phi) is 4.71. The molecule has 1 aromatic carbocycles. The molecule has 1 saturated heterocycles. The van der Waals surface area contributed by atoms with Gasteiger partial charge in [-0.15, -0.1) is 0 Å². The lowest BCUT2D eigenvalue weighted by molar-refractivity contribution is 0.0664. The molecule has 8 heteroatoms. The minimum atomic E-state index is -3.57. The average molecular weight is 352 g/mol. The van der Waals surface area contributed by atoms with Gasteiger partial charge in [-0.2, -0.15) is 0 Å². The predicted molar refractivity (Wildman–Crippen MR) is 87.3 cm³/mol. The van der Waals surface area contributed by atoms with Crippen LogP contribution in [0.15, 0.2) is 18.2 Å². The zero-order chi connectivity index (χ0) is 17.3. The Bertz CT molecular complexity index is 769. The summed E-state index contributed by atoms with van der Waals surface area (Å²) >= 11 is 0. The molecular weight excluding hydrogens is 332 g/mol. The van der Waals surface area contributed by atoms with Crippen LogP contribution in [0.2, 0.25) is 0 Å². The third-order valence-electron chi connectivity index (χ3n) is 4.26. The van der Waals surface area contributed by atoms with E-state index in [0.29, 0.717) is 17.7 Å². The van der Waals surface area contributed by atoms with Crippen LogP contribution in [0.25, 0.3) is 0 Å². The van der Waals surface area contributed by atoms with E-state index in [-0.39, 0.29) is 24.9 Å². The van der Waals surface area contributed by atoms with E-state index in [1.165, 1.54) is 0 Å². The predicted octanol–water partition coefficient (Wildman–Crippen LogP) is 0.689. The number of nitrogens with one attached hydrogen (secondary N) is 1. The number of carbonyl (C=O) groups excluding carboxylic acids is 2. The number of imide groups is 1. The molecule has 1 fully saturated rings. The van der Waals surface area contributed by atoms with Gasteiger partial charge >= 0.3 is 0 Å². The Morgan fingerprint density at radius 1 is 1.25 bits per heavy atom. The molecule has 2 aliphatic rings. The highest BCUT2D eigenvalue weighted by Gasteiger charge is 2.36. The van der Waals surface area contributed by atoms with Crippen LogP contribution in [0.1, 0.15) is 39.1 Å². The summed E-state index contributed by atoms with van der Waals surface area (Å²) in [5.74, 6) is -1.19. The monoisotopic (exact) mass is 352 g/mol. The van der Waals surface area contributed by atoms with Gasteiger partial charge in [0.15, 0.2) is 0 Å². The lowest BCUT2D eigenvalue weighted by atomic mass is 10.1. The Morgan fingerprint density at radius 2 is 2.00 bits per heavy atom. The molecule has 1 atom stereocenters. The van der Waals surface area contributed by atoms with Gasteiger partial charge in [0, 0.05) is 19.7 Å². The van der Waals surface area contributed by atoms with Crippen molar-refractivity contribution in [2.24, 2.45) is 0 Å². The zero-order valence-electron chi connectivity index (χ0n) is 13.4. The molecule has 1 aromatic rings. The molecule has 0 radical (unpaired) electrons. The largest absolute Gasteiger partial charge is 0.377 e. The van der Waals surface area contributed by atoms with Crippen LogP contribution in [0.4, 0.5) is 0 Å². The molecule has 7 nitrogen and oxygen atoms in total. The average Bonchev–Trinajstić information content (AvgIpc) is 3.13. The Labute approximate surface area is 141 Å². The van der Waals surface area contributed by atoms with Gasteiger partial charge in [0.1, 0.15) is 0 Å². The molecule has 0 aliphatic carbocycles. The van der Waals surface area contributed by atoms with E-state index in [4.69, 9.17) is 4.74 Å². The van der Waals surface area contributed by atoms with E-state index in [0.717, 1.165) is 23.3 Å². The van der Waals surface area contributed by atoms with Crippen molar-refractivity contribution in [2.45, 2.75) is 25.9 Å². The fourth-order valence-corrected chi connectivity index (χ4v) is 3.92. The standard InChI is InChI=1S/C16H20N2O5S/c1-11-4-5-13-14(9-11)16(20)18(15(13)19)6-8-24(21,22)17-10-12-3-2-7-23-12/h4-5,9,12,17H,2-3,6-8,10H2,1H3. The molecule has 3 rings (SSSR count). The van der Waals surface area contributed by atoms with Crippen molar-refractivity contribution in [2.75, 3.05) is 25.4 Å². The number of carbonyl (C=O) groups is 2. The molecule has 0 spiro atoms. The third-order valence-corrected chi connectivity index (χ3v) is 5.59. The van der Waals surface area contributed by atoms with E-state index in [1.54, 1.807) is 18.2 Å². The molecule has 130 valence electrons. The summed E-state index contributed by atoms with van der Waals surface area (Å²) in [6, 6.07) is 5.02. The normalized spacial score (nSPS) is 20.7. The maximum Gasteiger partial charge on any atom is 0.261 e. The topological polar surface area (TPSA) is 92.8 Å². The first-order chi connectivity index (χ1) is 11.4. The van der Waals surface area contributed by atoms with E-state index in [1.807, 2.05) is 6.92 Å². The van der Waals surface area contributed by atoms with Crippen molar-refractivity contribution in [3.05, 3.63) is 34.9 Å². The number of nitrogens with zero attached hydrogens (tertiary/aromatic N) is 1. The number of hydrogen-bond donors (Lipinski definition) is 1. The molecular formula is C16H20N2O5S. The summed E-state index contributed by atoms with van der Waals surface area (Å²) in [4.78, 5) is 25.6. The first-order valence-electron chi connectivity index (χ1n) is 7.93. The van der Waals surface area contributed by atoms with E-state index in [9.17, 15) is 18.0 Å². The molecule has 24 heavy (non-hydrogen) atoms. The second-order valence-corrected chi connectivity index (χ2v) is 8.04. The minimum absolute atomic E-state index is 0.0953. The highest BCUT2D eigenvalue weighted by Crippen LogP contribution is 2.23. The second kappa shape index (κ2) is 6.62. The Morgan fingerprint density at radius 3 is 2.71 bits per heavy atom. The van der Waals surface area contributed by atoms with Crippen LogP contribution in [0, 0.1) is 6.92 Å². The number of amides is 2. The summed E-state index contributed by atoms with van der Waals surface area (Å²) < 4.78 is 32.0. The van der Waals surface area contributed by atoms with Crippen LogP contribution >= 0.6 is 0 Å². The second-order valence-electron chi connectivity index (χ2n) is 6.11. The molecule has 2 amide bonds. The van der Waals surface area contributed by atoms with Gasteiger partial charge in [0.25, 0.3) is 11.8 Å². The molecule has 2 heterocycles. The van der Waals surface area contributed by atoms with E-state index in [2.05, 4.69) is 4.72 Å². The summed E-state index contributed by atoms with van der Waals surface area (Å²) in [5, 5.41) is 0. The smallest absolute Gasteiger partial charge is 0.261 e. The third kappa shape index (κ3) is 3.50. The first kappa shape index (κ1) is 17.1. The molecule has 1 unspecified atom stereocenters. The minimum Gasteiger partial charge on any atom is -0.377 e. The van der Waals surface area contributed by atoms with Gasteiger partial charge in [-0.3, -0.25) is 14.5 Å². The fraction of sp³-hybridized carbons (Fsp3) is 0.500. The summed E-state index contributed by atoms with van der Waals surface area (Å²) in [7, 11) is -3.57. The molecule has 0 saturated carbocycles. The lowest BCUT2D eigenvalue weighted by Gasteiger charge is -2.15. The van der Waals surface area contributed by atoms with Gasteiger partial charge in [0.05, 0.1) is 23.0 Å². The van der Waals surface area contributed by atoms with Crippen LogP contribution in [-0.4, -0.2) is 56.7 Å². The van der Waals surface area contributed by atoms with Gasteiger partial charge in [-0.05, 0) is 31.9 Å². The van der Waals surface area contributed by atoms with Crippen molar-refractivity contribution in [1.29, 1.82) is 0 Å². The van der Waals surface area contributed by atoms with Gasteiger partial charge in [0.2, 0.25) is 10.0 Å². The van der Waals surface area contributed by atoms with Crippen LogP contribution in [0.5, 0.6) is 0 Å². The molecule has 0 bridgehead atoms. The summed E-state index contributed by atoms with van der Waals surface area (Å²) in [6.45, 7) is 2.55. The highest BCUT2D eigenvalue weighted by molar-refractivity contribution is 7.89. The van der Waals surface area contributed by atoms with Crippen LogP contribution in [-0.2, 0) is 14.8 Å². The SMILES string of the molecule is Cc1ccc2c(c1)C(=O)N(CCS(=O)(=O)NCC1CCCO1)C2=O. The van der Waals surface area contributed by atoms with Crippen LogP contribution in [0.3, 0.4) is 0 Å². The van der Waals surface area contributed by atoms with Gasteiger partial charge < -0.3 is 4.74 Å². The zero-order valence-corrected chi connectivity index (χ0v) is 14.3. The summed E-state index contributed by atoms with van der Waals surface area (Å²) in [5.41, 5.74) is 1.54. The number of fused-ring (bicyclic) bond motifs is 1. The van der Waals surface area contributed by atoms with Gasteiger partial charge in [-0.25, -0.2) is 13.1 Å². The molecule has 1 N–H and O–H groups in total. The lowest BCUT2D eigenvalue weighted by Crippen LogP contribution is -2.39. The number of hydrogen-bond acceptors (Lipinski definition) is 5. The van der Waals surface area contributed by atoms with E-state index < -0.39 is 21.8 Å². The maximum absolute atomic E-state index is 12.3. The highest BCUT2D eigenvalue weighted by atomic mass is 32.2. The van der Waals surface area contributed by atoms with Gasteiger partial charge in [-0.1, -0.05) is 11.6 Å². The first-order valence-corrected chi connectivity index (χ1v) is 9.58. The van der Waals surface area contributed by atoms with Crippen molar-refractivity contribution >= 4 is 21.8 Å². The quantitative estimate of drug-likeness (QED) is 0.761. The number of benzene rings is 1. The van der Waals surface area contributed by atoms with Crippen molar-refractivity contribution in [3.8, 4) is 0 Å². The van der Waals surface area contributed by atoms with Crippen molar-refractivity contribution < 1.29 is 22.7 Å². The number of aryl methyl sites for hydroxylation is 1. The fourth-order valence-electron chi connectivity index (χ4n) is 2.92. The number of sulfonamides is 1. The maximum atomic E-state index is 12.3. The molecule has 0 aromatic heterocycles. The van der Waals surface area contributed by atoms with Crippen molar-refractivity contribution in [3.63, 3.8) is 0 Å². The van der Waals surface area contributed by atoms with E-state index >= 15 is 0 Å². The Hall–Kier alpha value is -1.77. The van der Waals surface area contributed by atoms with Crippen molar-refractivity contribution in [1.82, 2.24) is 9.62 Å². The number of ether oxygens (including phenoxy) is 1. The number of rotatable bonds is 6. The molecule has 2 aliphatic heterocycles.